The van der Waals surface area contributed by atoms with E-state index in [9.17, 15) is 35.9 Å². The number of hydrogen-bond donors (Lipinski definition) is 2. The van der Waals surface area contributed by atoms with Crippen molar-refractivity contribution in [2.24, 2.45) is 0 Å². The lowest BCUT2D eigenvalue weighted by atomic mass is 10.0. The van der Waals surface area contributed by atoms with Gasteiger partial charge in [-0.05, 0) is 49.7 Å². The molecule has 0 fully saturated rings. The van der Waals surface area contributed by atoms with Crippen LogP contribution in [0.1, 0.15) is 36.8 Å². The Kier molecular flexibility index (Phi) is 10.9. The zero-order valence-electron chi connectivity index (χ0n) is 16.9. The third-order valence-corrected chi connectivity index (χ3v) is 4.27. The number of aryl methyl sites for hydroxylation is 2. The van der Waals surface area contributed by atoms with Crippen LogP contribution in [-0.2, 0) is 31.9 Å². The van der Waals surface area contributed by atoms with Crippen LogP contribution in [0.4, 0.5) is 26.3 Å². The molecule has 2 N–H and O–H groups in total. The summed E-state index contributed by atoms with van der Waals surface area (Å²) >= 11 is 0. The minimum atomic E-state index is -5.07. The van der Waals surface area contributed by atoms with Crippen LogP contribution < -0.4 is 0 Å². The normalized spacial score (nSPS) is 14.0. The molecule has 0 radical (unpaired) electrons. The molecule has 0 aliphatic heterocycles. The maximum absolute atomic E-state index is 12.2. The Labute approximate surface area is 180 Å². The molecule has 32 heavy (non-hydrogen) atoms. The van der Waals surface area contributed by atoms with Crippen LogP contribution in [0.2, 0.25) is 0 Å². The molecule has 0 unspecified atom stereocenters. The highest BCUT2D eigenvalue weighted by Gasteiger charge is 2.45. The van der Waals surface area contributed by atoms with Gasteiger partial charge < -0.3 is 19.7 Å². The molecule has 0 aliphatic carbocycles. The summed E-state index contributed by atoms with van der Waals surface area (Å²) in [6.45, 7) is -0.513. The van der Waals surface area contributed by atoms with E-state index in [2.05, 4.69) is 9.47 Å². The molecular formula is C20H24F6O6. The summed E-state index contributed by atoms with van der Waals surface area (Å²) in [7, 11) is 0. The second-order valence-corrected chi connectivity index (χ2v) is 6.96. The maximum Gasteiger partial charge on any atom is 0.425 e. The van der Waals surface area contributed by atoms with Crippen molar-refractivity contribution in [3.8, 4) is 0 Å². The van der Waals surface area contributed by atoms with Crippen molar-refractivity contribution in [1.29, 1.82) is 0 Å². The topological polar surface area (TPSA) is 93.1 Å². The number of aliphatic hydroxyl groups excluding tert-OH is 2. The summed E-state index contributed by atoms with van der Waals surface area (Å²) in [5, 5.41) is 17.5. The van der Waals surface area contributed by atoms with Crippen LogP contribution in [0, 0.1) is 0 Å². The van der Waals surface area contributed by atoms with E-state index in [0.29, 0.717) is 38.5 Å². The van der Waals surface area contributed by atoms with Gasteiger partial charge in [-0.1, -0.05) is 24.3 Å². The molecule has 1 aromatic carbocycles. The SMILES string of the molecule is O=C(OCCCCc1cccc(CCCCOC(=O)[C@H](O)C(F)(F)F)c1)[C@H](O)C(F)(F)F. The Bertz CT molecular complexity index is 677. The largest absolute Gasteiger partial charge is 0.464 e. The zero-order chi connectivity index (χ0) is 24.4. The fraction of sp³-hybridized carbons (Fsp3) is 0.600. The van der Waals surface area contributed by atoms with Gasteiger partial charge in [-0.25, -0.2) is 9.59 Å². The molecular weight excluding hydrogens is 450 g/mol. The van der Waals surface area contributed by atoms with Gasteiger partial charge >= 0.3 is 24.3 Å². The number of hydrogen-bond acceptors (Lipinski definition) is 6. The Morgan fingerprint density at radius 1 is 0.750 bits per heavy atom. The zero-order valence-corrected chi connectivity index (χ0v) is 16.9. The van der Waals surface area contributed by atoms with E-state index in [1.807, 2.05) is 18.2 Å². The van der Waals surface area contributed by atoms with E-state index in [1.165, 1.54) is 0 Å². The highest BCUT2D eigenvalue weighted by molar-refractivity contribution is 5.75. The first-order valence-corrected chi connectivity index (χ1v) is 9.73. The van der Waals surface area contributed by atoms with Crippen molar-refractivity contribution < 1.29 is 55.6 Å². The predicted octanol–water partition coefficient (Wildman–Crippen LogP) is 3.26. The summed E-state index contributed by atoms with van der Waals surface area (Å²) in [5.41, 5.74) is 1.87. The first kappa shape index (κ1) is 27.7. The smallest absolute Gasteiger partial charge is 0.425 e. The molecule has 0 bridgehead atoms. The van der Waals surface area contributed by atoms with Crippen molar-refractivity contribution in [3.05, 3.63) is 35.4 Å². The Balaban J connectivity index is 2.26. The number of ether oxygens (including phenoxy) is 2. The van der Waals surface area contributed by atoms with E-state index in [0.717, 1.165) is 11.1 Å². The third kappa shape index (κ3) is 10.3. The molecule has 0 spiro atoms. The number of carbonyl (C=O) groups excluding carboxylic acids is 2. The van der Waals surface area contributed by atoms with Gasteiger partial charge in [-0.3, -0.25) is 0 Å². The molecule has 0 aliphatic rings. The maximum atomic E-state index is 12.2. The highest BCUT2D eigenvalue weighted by atomic mass is 19.4. The quantitative estimate of drug-likeness (QED) is 0.275. The molecule has 2 atom stereocenters. The number of aliphatic hydroxyl groups is 2. The molecule has 0 aromatic heterocycles. The van der Waals surface area contributed by atoms with Gasteiger partial charge in [-0.2, -0.15) is 26.3 Å². The van der Waals surface area contributed by atoms with Crippen molar-refractivity contribution in [2.75, 3.05) is 13.2 Å². The summed E-state index contributed by atoms with van der Waals surface area (Å²) < 4.78 is 81.7. The fourth-order valence-corrected chi connectivity index (χ4v) is 2.57. The second kappa shape index (κ2) is 12.6. The molecule has 0 saturated carbocycles. The van der Waals surface area contributed by atoms with Crippen molar-refractivity contribution >= 4 is 11.9 Å². The number of rotatable bonds is 12. The van der Waals surface area contributed by atoms with E-state index in [1.54, 1.807) is 6.07 Å². The summed E-state index contributed by atoms with van der Waals surface area (Å²) in [5.74, 6) is -3.48. The van der Waals surface area contributed by atoms with Crippen molar-refractivity contribution in [1.82, 2.24) is 0 Å². The van der Waals surface area contributed by atoms with Crippen LogP contribution >= 0.6 is 0 Å². The van der Waals surface area contributed by atoms with E-state index in [4.69, 9.17) is 10.2 Å². The van der Waals surface area contributed by atoms with Gasteiger partial charge in [0.2, 0.25) is 12.2 Å². The predicted molar refractivity (Wildman–Crippen MR) is 98.4 cm³/mol. The van der Waals surface area contributed by atoms with Gasteiger partial charge in [0.25, 0.3) is 0 Å². The minimum Gasteiger partial charge on any atom is -0.464 e. The van der Waals surface area contributed by atoms with Gasteiger partial charge in [0.1, 0.15) is 0 Å². The van der Waals surface area contributed by atoms with Crippen molar-refractivity contribution in [2.45, 2.75) is 63.1 Å². The van der Waals surface area contributed by atoms with Crippen molar-refractivity contribution in [3.63, 3.8) is 0 Å². The van der Waals surface area contributed by atoms with E-state index < -0.39 is 36.5 Å². The molecule has 1 rings (SSSR count). The van der Waals surface area contributed by atoms with Crippen LogP contribution in [0.3, 0.4) is 0 Å². The first-order chi connectivity index (χ1) is 14.8. The lowest BCUT2D eigenvalue weighted by molar-refractivity contribution is -0.219. The number of esters is 2. The molecule has 0 heterocycles. The van der Waals surface area contributed by atoms with Gasteiger partial charge in [0, 0.05) is 0 Å². The van der Waals surface area contributed by atoms with E-state index >= 15 is 0 Å². The lowest BCUT2D eigenvalue weighted by Crippen LogP contribution is -2.37. The Morgan fingerprint density at radius 3 is 1.47 bits per heavy atom. The minimum absolute atomic E-state index is 0.257. The third-order valence-electron chi connectivity index (χ3n) is 4.27. The van der Waals surface area contributed by atoms with Gasteiger partial charge in [0.15, 0.2) is 0 Å². The average molecular weight is 474 g/mol. The average Bonchev–Trinajstić information content (AvgIpc) is 2.70. The summed E-state index contributed by atoms with van der Waals surface area (Å²) in [4.78, 5) is 22.1. The number of benzene rings is 1. The van der Waals surface area contributed by atoms with E-state index in [-0.39, 0.29) is 13.2 Å². The second-order valence-electron chi connectivity index (χ2n) is 6.96. The number of unbranched alkanes of at least 4 members (excludes halogenated alkanes) is 2. The number of halogens is 6. The van der Waals surface area contributed by atoms with Crippen LogP contribution in [0.5, 0.6) is 0 Å². The Hall–Kier alpha value is -2.34. The summed E-state index contributed by atoms with van der Waals surface area (Å²) in [6, 6.07) is 7.36. The van der Waals surface area contributed by atoms with Gasteiger partial charge in [0.05, 0.1) is 13.2 Å². The molecule has 12 heteroatoms. The number of carbonyl (C=O) groups is 2. The lowest BCUT2D eigenvalue weighted by Gasteiger charge is -2.13. The van der Waals surface area contributed by atoms with Crippen LogP contribution in [-0.4, -0.2) is 59.9 Å². The monoisotopic (exact) mass is 474 g/mol. The Morgan fingerprint density at radius 2 is 1.12 bits per heavy atom. The molecule has 0 saturated heterocycles. The van der Waals surface area contributed by atoms with Gasteiger partial charge in [-0.15, -0.1) is 0 Å². The highest BCUT2D eigenvalue weighted by Crippen LogP contribution is 2.22. The molecule has 1 aromatic rings. The standard InChI is InChI=1S/C20H24F6O6/c21-19(22,23)15(27)17(29)31-10-3-1-6-13-8-5-9-14(12-13)7-2-4-11-32-18(30)16(28)20(24,25)26/h5,8-9,12,15-16,27-28H,1-4,6-7,10-11H2/t15-,16-/m0/s1. The first-order valence-electron chi connectivity index (χ1n) is 9.73. The summed E-state index contributed by atoms with van der Waals surface area (Å²) in [6.07, 6.45) is -13.7. The fourth-order valence-electron chi connectivity index (χ4n) is 2.57. The molecule has 6 nitrogen and oxygen atoms in total. The molecule has 0 amide bonds. The van der Waals surface area contributed by atoms with Crippen LogP contribution in [0.15, 0.2) is 24.3 Å². The van der Waals surface area contributed by atoms with Crippen LogP contribution in [0.25, 0.3) is 0 Å². The molecule has 182 valence electrons. The number of alkyl halides is 6.